The van der Waals surface area contributed by atoms with Crippen molar-refractivity contribution in [3.8, 4) is 5.75 Å². The van der Waals surface area contributed by atoms with Crippen molar-refractivity contribution in [3.05, 3.63) is 70.6 Å². The highest BCUT2D eigenvalue weighted by atomic mass is 32.2. The van der Waals surface area contributed by atoms with Gasteiger partial charge in [-0.2, -0.15) is 0 Å². The van der Waals surface area contributed by atoms with Gasteiger partial charge in [-0.25, -0.2) is 8.42 Å². The first kappa shape index (κ1) is 19.2. The number of ether oxygens (including phenoxy) is 1. The molecule has 2 aromatic carbocycles. The van der Waals surface area contributed by atoms with E-state index < -0.39 is 15.9 Å². The maximum absolute atomic E-state index is 13.3. The molecule has 1 aliphatic heterocycles. The number of carbonyl (C=O) groups excluding carboxylic acids is 1. The molecule has 5 nitrogen and oxygen atoms in total. The predicted molar refractivity (Wildman–Crippen MR) is 107 cm³/mol. The van der Waals surface area contributed by atoms with Crippen LogP contribution >= 0.6 is 0 Å². The van der Waals surface area contributed by atoms with Crippen LogP contribution in [-0.2, 0) is 9.84 Å². The summed E-state index contributed by atoms with van der Waals surface area (Å²) in [4.78, 5) is 14.8. The van der Waals surface area contributed by atoms with Crippen LogP contribution in [0.25, 0.3) is 0 Å². The average Bonchev–Trinajstić information content (AvgIpc) is 2.98. The van der Waals surface area contributed by atoms with Crippen molar-refractivity contribution in [2.24, 2.45) is 0 Å². The third kappa shape index (κ3) is 4.22. The van der Waals surface area contributed by atoms with Gasteiger partial charge in [-0.1, -0.05) is 6.07 Å². The molecular weight excluding hydrogens is 362 g/mol. The Balaban J connectivity index is 2.00. The summed E-state index contributed by atoms with van der Waals surface area (Å²) in [6.07, 6.45) is 1.57. The van der Waals surface area contributed by atoms with Gasteiger partial charge >= 0.3 is 0 Å². The molecule has 0 bridgehead atoms. The van der Waals surface area contributed by atoms with E-state index in [2.05, 4.69) is 0 Å². The van der Waals surface area contributed by atoms with E-state index in [1.54, 1.807) is 41.3 Å². The number of aryl methyl sites for hydroxylation is 2. The number of rotatable bonds is 5. The molecule has 0 aromatic heterocycles. The normalized spacial score (nSPS) is 17.7. The topological polar surface area (TPSA) is 63.7 Å². The molecule has 2 aromatic rings. The number of carbonyl (C=O) groups is 1. The number of benzene rings is 2. The highest BCUT2D eigenvalue weighted by Crippen LogP contribution is 2.27. The summed E-state index contributed by atoms with van der Waals surface area (Å²) in [5.41, 5.74) is 3.28. The van der Waals surface area contributed by atoms with Crippen LogP contribution < -0.4 is 9.64 Å². The molecule has 0 unspecified atom stereocenters. The quantitative estimate of drug-likeness (QED) is 0.788. The third-order valence-corrected chi connectivity index (χ3v) is 6.02. The highest BCUT2D eigenvalue weighted by Gasteiger charge is 2.32. The van der Waals surface area contributed by atoms with E-state index in [1.807, 2.05) is 32.9 Å². The largest absolute Gasteiger partial charge is 0.494 e. The molecule has 1 heterocycles. The molecule has 0 fully saturated rings. The van der Waals surface area contributed by atoms with Crippen molar-refractivity contribution in [2.45, 2.75) is 26.8 Å². The van der Waals surface area contributed by atoms with Crippen LogP contribution in [0.15, 0.2) is 53.9 Å². The van der Waals surface area contributed by atoms with Crippen LogP contribution in [0.3, 0.4) is 0 Å². The van der Waals surface area contributed by atoms with Gasteiger partial charge in [-0.3, -0.25) is 4.79 Å². The summed E-state index contributed by atoms with van der Waals surface area (Å²) in [7, 11) is -3.29. The Morgan fingerprint density at radius 3 is 2.37 bits per heavy atom. The van der Waals surface area contributed by atoms with E-state index in [1.165, 1.54) is 5.41 Å². The Bertz CT molecular complexity index is 978. The summed E-state index contributed by atoms with van der Waals surface area (Å²) in [6, 6.07) is 12.1. The summed E-state index contributed by atoms with van der Waals surface area (Å²) in [6.45, 7) is 6.39. The number of sulfone groups is 1. The van der Waals surface area contributed by atoms with Crippen molar-refractivity contribution in [1.82, 2.24) is 0 Å². The summed E-state index contributed by atoms with van der Waals surface area (Å²) < 4.78 is 29.3. The van der Waals surface area contributed by atoms with Crippen molar-refractivity contribution < 1.29 is 17.9 Å². The molecule has 1 amide bonds. The van der Waals surface area contributed by atoms with Crippen LogP contribution in [-0.4, -0.2) is 32.7 Å². The molecule has 0 saturated heterocycles. The van der Waals surface area contributed by atoms with Crippen molar-refractivity contribution in [3.63, 3.8) is 0 Å². The molecule has 3 rings (SSSR count). The molecule has 27 heavy (non-hydrogen) atoms. The lowest BCUT2D eigenvalue weighted by Crippen LogP contribution is -2.41. The Hall–Kier alpha value is -2.60. The van der Waals surface area contributed by atoms with Crippen LogP contribution in [0, 0.1) is 13.8 Å². The second kappa shape index (κ2) is 7.56. The van der Waals surface area contributed by atoms with E-state index in [-0.39, 0.29) is 11.7 Å². The van der Waals surface area contributed by atoms with Gasteiger partial charge < -0.3 is 9.64 Å². The fourth-order valence-corrected chi connectivity index (χ4v) is 4.33. The molecule has 0 spiro atoms. The number of hydrogen-bond acceptors (Lipinski definition) is 4. The number of anilines is 1. The molecule has 0 saturated carbocycles. The van der Waals surface area contributed by atoms with Gasteiger partial charge in [0.2, 0.25) is 0 Å². The van der Waals surface area contributed by atoms with Crippen LogP contribution in [0.2, 0.25) is 0 Å². The maximum atomic E-state index is 13.3. The molecule has 0 radical (unpaired) electrons. The Morgan fingerprint density at radius 2 is 1.81 bits per heavy atom. The molecule has 0 aliphatic carbocycles. The number of hydrogen-bond donors (Lipinski definition) is 0. The lowest BCUT2D eigenvalue weighted by Gasteiger charge is -2.28. The van der Waals surface area contributed by atoms with Crippen LogP contribution in [0.5, 0.6) is 5.75 Å². The minimum Gasteiger partial charge on any atom is -0.494 e. The molecular formula is C21H23NO4S. The second-order valence-electron chi connectivity index (χ2n) is 6.63. The van der Waals surface area contributed by atoms with E-state index in [0.717, 1.165) is 11.1 Å². The van der Waals surface area contributed by atoms with Gasteiger partial charge in [0.05, 0.1) is 18.4 Å². The smallest absolute Gasteiger partial charge is 0.258 e. The highest BCUT2D eigenvalue weighted by molar-refractivity contribution is 7.94. The van der Waals surface area contributed by atoms with Gasteiger partial charge in [0, 0.05) is 16.7 Å². The minimum atomic E-state index is -3.29. The predicted octanol–water partition coefficient (Wildman–Crippen LogP) is 3.66. The van der Waals surface area contributed by atoms with Gasteiger partial charge in [0.1, 0.15) is 5.75 Å². The Morgan fingerprint density at radius 1 is 1.11 bits per heavy atom. The first-order chi connectivity index (χ1) is 12.8. The lowest BCUT2D eigenvalue weighted by atomic mass is 10.0. The standard InChI is InChI=1S/C21H23NO4S/c1-4-26-20-9-7-18(8-10-20)22(19-11-12-27(24,25)14-19)21(23)17-6-5-15(2)16(3)13-17/h5-13,19H,4,14H2,1-3H3/t19-/m0/s1. The van der Waals surface area contributed by atoms with Crippen molar-refractivity contribution in [2.75, 3.05) is 17.3 Å². The van der Waals surface area contributed by atoms with Gasteiger partial charge in [0.15, 0.2) is 9.84 Å². The van der Waals surface area contributed by atoms with Crippen LogP contribution in [0.1, 0.15) is 28.4 Å². The fraction of sp³-hybridized carbons (Fsp3) is 0.286. The fourth-order valence-electron chi connectivity index (χ4n) is 3.06. The second-order valence-corrected chi connectivity index (χ2v) is 8.56. The monoisotopic (exact) mass is 385 g/mol. The zero-order chi connectivity index (χ0) is 19.6. The van der Waals surface area contributed by atoms with Crippen LogP contribution in [0.4, 0.5) is 5.69 Å². The van der Waals surface area contributed by atoms with Gasteiger partial charge in [-0.05, 0) is 74.4 Å². The molecule has 0 N–H and O–H groups in total. The molecule has 6 heteroatoms. The molecule has 1 atom stereocenters. The zero-order valence-corrected chi connectivity index (χ0v) is 16.5. The lowest BCUT2D eigenvalue weighted by molar-refractivity contribution is 0.0983. The maximum Gasteiger partial charge on any atom is 0.258 e. The minimum absolute atomic E-state index is 0.114. The van der Waals surface area contributed by atoms with Crippen molar-refractivity contribution >= 4 is 21.4 Å². The molecule has 142 valence electrons. The van der Waals surface area contributed by atoms with E-state index in [4.69, 9.17) is 4.74 Å². The summed E-state index contributed by atoms with van der Waals surface area (Å²) >= 11 is 0. The zero-order valence-electron chi connectivity index (χ0n) is 15.7. The number of nitrogens with zero attached hydrogens (tertiary/aromatic N) is 1. The summed E-state index contributed by atoms with van der Waals surface area (Å²) in [5.74, 6) is 0.361. The van der Waals surface area contributed by atoms with Crippen molar-refractivity contribution in [1.29, 1.82) is 0 Å². The first-order valence-electron chi connectivity index (χ1n) is 8.85. The number of amides is 1. The summed E-state index contributed by atoms with van der Waals surface area (Å²) in [5, 5.41) is 1.19. The van der Waals surface area contributed by atoms with Gasteiger partial charge in [-0.15, -0.1) is 0 Å². The Kier molecular flexibility index (Phi) is 5.37. The van der Waals surface area contributed by atoms with E-state index in [9.17, 15) is 13.2 Å². The third-order valence-electron chi connectivity index (χ3n) is 4.64. The van der Waals surface area contributed by atoms with E-state index in [0.29, 0.717) is 23.6 Å². The average molecular weight is 385 g/mol. The first-order valence-corrected chi connectivity index (χ1v) is 10.6. The van der Waals surface area contributed by atoms with E-state index >= 15 is 0 Å². The molecule has 1 aliphatic rings. The Labute approximate surface area is 160 Å². The van der Waals surface area contributed by atoms with Gasteiger partial charge in [0.25, 0.3) is 5.91 Å². The SMILES string of the molecule is CCOc1ccc(N(C(=O)c2ccc(C)c(C)c2)[C@H]2C=CS(=O)(=O)C2)cc1.